The van der Waals surface area contributed by atoms with E-state index in [0.29, 0.717) is 28.0 Å². The van der Waals surface area contributed by atoms with Gasteiger partial charge < -0.3 is 29.5 Å². The number of nitrogens with zero attached hydrogens (tertiary/aromatic N) is 4. The van der Waals surface area contributed by atoms with Crippen LogP contribution < -0.4 is 30.9 Å². The van der Waals surface area contributed by atoms with Crippen LogP contribution in [0.1, 0.15) is 23.4 Å². The molecule has 1 aliphatic carbocycles. The van der Waals surface area contributed by atoms with Crippen LogP contribution in [0.2, 0.25) is 0 Å². The van der Waals surface area contributed by atoms with E-state index in [1.54, 1.807) is 24.3 Å². The molecule has 38 heavy (non-hydrogen) atoms. The van der Waals surface area contributed by atoms with Gasteiger partial charge in [0.1, 0.15) is 23.4 Å². The molecule has 13 nitrogen and oxygen atoms in total. The first kappa shape index (κ1) is 25.2. The van der Waals surface area contributed by atoms with Crippen molar-refractivity contribution in [2.45, 2.75) is 18.9 Å². The summed E-state index contributed by atoms with van der Waals surface area (Å²) in [5, 5.41) is 24.9. The lowest BCUT2D eigenvalue weighted by atomic mass is 10.0. The maximum Gasteiger partial charge on any atom is 0.379 e. The minimum atomic E-state index is -0.901. The molecule has 1 saturated carbocycles. The molecule has 1 amide bonds. The Morgan fingerprint density at radius 3 is 2.61 bits per heavy atom. The third-order valence-corrected chi connectivity index (χ3v) is 6.73. The Labute approximate surface area is 219 Å². The fourth-order valence-electron chi connectivity index (χ4n) is 3.89. The van der Waals surface area contributed by atoms with Crippen LogP contribution in [0.15, 0.2) is 45.7 Å². The van der Waals surface area contributed by atoms with Crippen LogP contribution >= 0.6 is 11.3 Å². The van der Waals surface area contributed by atoms with Gasteiger partial charge in [0.05, 0.1) is 32.6 Å². The molecule has 1 aliphatic rings. The molecule has 4 N–H and O–H groups in total. The number of hydrogen-bond acceptors (Lipinski definition) is 12. The van der Waals surface area contributed by atoms with Crippen LogP contribution in [0.4, 0.5) is 10.9 Å². The Morgan fingerprint density at radius 1 is 1.26 bits per heavy atom. The van der Waals surface area contributed by atoms with Crippen molar-refractivity contribution >= 4 is 28.2 Å². The maximum absolute atomic E-state index is 13.2. The highest BCUT2D eigenvalue weighted by atomic mass is 32.1. The number of hydrogen-bond donors (Lipinski definition) is 3. The first-order valence-corrected chi connectivity index (χ1v) is 12.4. The van der Waals surface area contributed by atoms with E-state index in [1.807, 2.05) is 0 Å². The van der Waals surface area contributed by atoms with Crippen molar-refractivity contribution in [1.82, 2.24) is 20.0 Å². The topological polar surface area (TPSA) is 177 Å². The van der Waals surface area contributed by atoms with Crippen LogP contribution in [0.5, 0.6) is 17.2 Å². The predicted octanol–water partition coefficient (Wildman–Crippen LogP) is 2.35. The number of methoxy groups -OCH3 is 2. The molecule has 14 heteroatoms. The average Bonchev–Trinajstić information content (AvgIpc) is 3.52. The molecule has 0 spiro atoms. The number of amides is 1. The minimum Gasteiger partial charge on any atom is -0.496 e. The third kappa shape index (κ3) is 4.90. The standard InChI is InChI=1S/C24H24N6O7S/c1-34-14-4-3-5-15(35-2)19(14)13-10-16(37-22(33)20(13)36-17(11-31)12-6-7-12)21(32)27-23-28-29-24(38-23)30-18(25)8-9-26-30/h3-5,8-10,12,17,31H,6-7,11,25H2,1-2H3,(H,27,28,32)/t17-/m0/s1. The first-order chi connectivity index (χ1) is 18.4. The smallest absolute Gasteiger partial charge is 0.379 e. The molecule has 1 atom stereocenters. The first-order valence-electron chi connectivity index (χ1n) is 11.5. The Morgan fingerprint density at radius 2 is 2.00 bits per heavy atom. The minimum absolute atomic E-state index is 0.116. The quantitative estimate of drug-likeness (QED) is 0.269. The number of anilines is 2. The third-order valence-electron chi connectivity index (χ3n) is 5.91. The number of rotatable bonds is 10. The van der Waals surface area contributed by atoms with Gasteiger partial charge in [-0.1, -0.05) is 17.4 Å². The predicted molar refractivity (Wildman–Crippen MR) is 137 cm³/mol. The number of carbonyl (C=O) groups excluding carboxylic acids is 1. The van der Waals surface area contributed by atoms with Gasteiger partial charge in [-0.2, -0.15) is 9.78 Å². The van der Waals surface area contributed by atoms with E-state index in [-0.39, 0.29) is 34.7 Å². The lowest BCUT2D eigenvalue weighted by molar-refractivity contribution is 0.0928. The van der Waals surface area contributed by atoms with Crippen LogP contribution in [0.25, 0.3) is 16.3 Å². The molecular formula is C24H24N6O7S. The second-order valence-corrected chi connectivity index (χ2v) is 9.32. The molecule has 1 fully saturated rings. The average molecular weight is 541 g/mol. The zero-order valence-electron chi connectivity index (χ0n) is 20.4. The molecule has 0 bridgehead atoms. The number of aromatic nitrogens is 4. The van der Waals surface area contributed by atoms with Crippen molar-refractivity contribution in [3.05, 3.63) is 52.7 Å². The Kier molecular flexibility index (Phi) is 6.98. The maximum atomic E-state index is 13.2. The van der Waals surface area contributed by atoms with E-state index in [9.17, 15) is 14.7 Å². The number of ether oxygens (including phenoxy) is 3. The van der Waals surface area contributed by atoms with Crippen molar-refractivity contribution in [2.75, 3.05) is 31.9 Å². The molecule has 5 rings (SSSR count). The molecule has 3 aromatic heterocycles. The summed E-state index contributed by atoms with van der Waals surface area (Å²) in [6.07, 6.45) is 2.65. The number of carbonyl (C=O) groups is 1. The van der Waals surface area contributed by atoms with E-state index < -0.39 is 17.6 Å². The molecule has 0 radical (unpaired) electrons. The van der Waals surface area contributed by atoms with Gasteiger partial charge >= 0.3 is 5.63 Å². The Hall–Kier alpha value is -4.43. The molecule has 0 aliphatic heterocycles. The zero-order valence-corrected chi connectivity index (χ0v) is 21.2. The Bertz CT molecular complexity index is 1500. The van der Waals surface area contributed by atoms with E-state index in [1.165, 1.54) is 31.2 Å². The van der Waals surface area contributed by atoms with Crippen LogP contribution in [0.3, 0.4) is 0 Å². The molecular weight excluding hydrogens is 516 g/mol. The highest BCUT2D eigenvalue weighted by molar-refractivity contribution is 7.17. The van der Waals surface area contributed by atoms with Crippen molar-refractivity contribution in [2.24, 2.45) is 5.92 Å². The summed E-state index contributed by atoms with van der Waals surface area (Å²) >= 11 is 1.02. The van der Waals surface area contributed by atoms with Gasteiger partial charge in [0.2, 0.25) is 16.0 Å². The molecule has 198 valence electrons. The summed E-state index contributed by atoms with van der Waals surface area (Å²) in [7, 11) is 2.94. The summed E-state index contributed by atoms with van der Waals surface area (Å²) in [6.45, 7) is -0.283. The summed E-state index contributed by atoms with van der Waals surface area (Å²) in [5.74, 6) is -0.00268. The van der Waals surface area contributed by atoms with Gasteiger partial charge in [0.15, 0.2) is 5.76 Å². The summed E-state index contributed by atoms with van der Waals surface area (Å²) in [5.41, 5.74) is 5.54. The van der Waals surface area contributed by atoms with Gasteiger partial charge in [0, 0.05) is 11.6 Å². The monoisotopic (exact) mass is 540 g/mol. The fraction of sp³-hybridized carbons (Fsp3) is 0.292. The van der Waals surface area contributed by atoms with Crippen molar-refractivity contribution in [1.29, 1.82) is 0 Å². The van der Waals surface area contributed by atoms with Gasteiger partial charge in [-0.15, -0.1) is 10.2 Å². The van der Waals surface area contributed by atoms with Crippen molar-refractivity contribution in [3.8, 4) is 33.5 Å². The van der Waals surface area contributed by atoms with Gasteiger partial charge in [-0.05, 0) is 37.0 Å². The number of nitrogens with one attached hydrogen (secondary N) is 1. The van der Waals surface area contributed by atoms with Crippen LogP contribution in [0, 0.1) is 5.92 Å². The summed E-state index contributed by atoms with van der Waals surface area (Å²) < 4.78 is 23.7. The number of nitrogens with two attached hydrogens (primary N) is 1. The SMILES string of the molecule is COc1cccc(OC)c1-c1cc(C(=O)Nc2nnc(-n3nccc3N)s2)oc(=O)c1O[C@@H](CO)C1CC1. The van der Waals surface area contributed by atoms with Gasteiger partial charge in [-0.3, -0.25) is 10.1 Å². The molecule has 0 unspecified atom stereocenters. The van der Waals surface area contributed by atoms with E-state index in [4.69, 9.17) is 24.4 Å². The zero-order chi connectivity index (χ0) is 26.8. The van der Waals surface area contributed by atoms with E-state index in [2.05, 4.69) is 20.6 Å². The highest BCUT2D eigenvalue weighted by Crippen LogP contribution is 2.43. The lowest BCUT2D eigenvalue weighted by Crippen LogP contribution is -2.27. The lowest BCUT2D eigenvalue weighted by Gasteiger charge is -2.20. The number of aliphatic hydroxyl groups is 1. The number of benzene rings is 1. The molecule has 4 aromatic rings. The number of aliphatic hydroxyl groups excluding tert-OH is 1. The van der Waals surface area contributed by atoms with E-state index in [0.717, 1.165) is 24.2 Å². The second-order valence-electron chi connectivity index (χ2n) is 8.37. The fourth-order valence-corrected chi connectivity index (χ4v) is 4.61. The van der Waals surface area contributed by atoms with Crippen LogP contribution in [-0.2, 0) is 0 Å². The van der Waals surface area contributed by atoms with Gasteiger partial charge in [0.25, 0.3) is 5.91 Å². The number of nitrogen functional groups attached to an aromatic ring is 1. The highest BCUT2D eigenvalue weighted by Gasteiger charge is 2.35. The second kappa shape index (κ2) is 10.5. The van der Waals surface area contributed by atoms with Crippen LogP contribution in [-0.4, -0.2) is 57.9 Å². The molecule has 1 aromatic carbocycles. The summed E-state index contributed by atoms with van der Waals surface area (Å²) in [6, 6.07) is 8.05. The van der Waals surface area contributed by atoms with Gasteiger partial charge in [-0.25, -0.2) is 4.79 Å². The Balaban J connectivity index is 1.54. The van der Waals surface area contributed by atoms with Crippen molar-refractivity contribution < 1.29 is 28.5 Å². The largest absolute Gasteiger partial charge is 0.496 e. The normalized spacial score (nSPS) is 13.7. The van der Waals surface area contributed by atoms with E-state index >= 15 is 0 Å². The molecule has 3 heterocycles. The molecule has 0 saturated heterocycles. The van der Waals surface area contributed by atoms with Crippen molar-refractivity contribution in [3.63, 3.8) is 0 Å². The summed E-state index contributed by atoms with van der Waals surface area (Å²) in [4.78, 5) is 26.3.